The van der Waals surface area contributed by atoms with Crippen molar-refractivity contribution in [1.82, 2.24) is 38.2 Å². The van der Waals surface area contributed by atoms with E-state index in [1.807, 2.05) is 25.8 Å². The standard InChI is InChI=1S/C12H17FN2O3.C12H17FN2O2S.C11H15FN2O3S.C10H13FN2O5/c1-4-8-7(2)12(3,13)10(18-8)15-6-5-9(16)14-11(15)17;1-4-8-7(2)12(3,13)10(17-8)15-6-5-9(18)14-11(15)16;1-3-6-8(15)11(2,12)9(17-6)14-5-4-7(18)13-10(14)16;1-10(11)7(16)5(4-14)18-8(10)13-3-2-6(15)12-9(13)17/h5-8,10H,4H2,1-3H3,(H,14,16,17);5-8,10H,4H2,1-3H3,(H,14,16,18);4-6,8-9,15H,3H2,1-2H3,(H,13,16,18);2-3,5,7-8,14,16H,4H2,1H3,(H,12,15,17)/t2*7-,8+,10+,12?;6-,8+,9-,11?;5-,7+,8-,10?/m0011/s1. The number of ether oxygens (including phenoxy) is 4. The highest BCUT2D eigenvalue weighted by atomic mass is 32.1. The minimum Gasteiger partial charge on any atom is -0.394 e. The average molecular weight is 1060 g/mol. The number of aliphatic hydroxyl groups excluding tert-OH is 3. The second-order valence-corrected chi connectivity index (χ2v) is 19.5. The third kappa shape index (κ3) is 11.7. The van der Waals surface area contributed by atoms with Crippen molar-refractivity contribution in [2.24, 2.45) is 11.8 Å². The van der Waals surface area contributed by atoms with Gasteiger partial charge in [0.05, 0.1) is 24.9 Å². The highest BCUT2D eigenvalue weighted by molar-refractivity contribution is 7.71. The summed E-state index contributed by atoms with van der Waals surface area (Å²) in [7, 11) is 0. The van der Waals surface area contributed by atoms with Gasteiger partial charge in [0, 0.05) is 48.8 Å². The number of aliphatic hydroxyl groups is 3. The van der Waals surface area contributed by atoms with Crippen LogP contribution in [0.3, 0.4) is 0 Å². The monoisotopic (exact) mass is 1060 g/mol. The van der Waals surface area contributed by atoms with Crippen molar-refractivity contribution in [2.45, 2.75) is 166 Å². The number of halogens is 4. The summed E-state index contributed by atoms with van der Waals surface area (Å²) in [5, 5.41) is 28.4. The van der Waals surface area contributed by atoms with E-state index < -0.39 is 112 Å². The van der Waals surface area contributed by atoms with Crippen LogP contribution in [0.25, 0.3) is 0 Å². The molecule has 27 heteroatoms. The summed E-state index contributed by atoms with van der Waals surface area (Å²) in [6, 6.07) is 5.26. The number of hydrogen-bond donors (Lipinski definition) is 7. The van der Waals surface area contributed by atoms with Gasteiger partial charge in [-0.15, -0.1) is 0 Å². The molecule has 4 aromatic rings. The van der Waals surface area contributed by atoms with E-state index in [0.29, 0.717) is 17.5 Å². The summed E-state index contributed by atoms with van der Waals surface area (Å²) in [5.74, 6) is -0.575. The fraction of sp³-hybridized carbons (Fsp3) is 0.644. The van der Waals surface area contributed by atoms with Crippen LogP contribution in [-0.4, -0.2) is 119 Å². The van der Waals surface area contributed by atoms with Gasteiger partial charge in [0.15, 0.2) is 47.6 Å². The summed E-state index contributed by atoms with van der Waals surface area (Å²) < 4.78 is 85.0. The van der Waals surface area contributed by atoms with Gasteiger partial charge in [-0.05, 0) is 59.1 Å². The number of rotatable bonds is 8. The summed E-state index contributed by atoms with van der Waals surface area (Å²) in [6.45, 7) is 13.8. The molecule has 4 saturated heterocycles. The van der Waals surface area contributed by atoms with Crippen LogP contribution in [0.1, 0.15) is 106 Å². The maximum atomic E-state index is 14.7. The van der Waals surface area contributed by atoms with Gasteiger partial charge in [-0.2, -0.15) is 0 Å². The van der Waals surface area contributed by atoms with Crippen molar-refractivity contribution >= 4 is 24.4 Å². The molecule has 4 unspecified atom stereocenters. The first-order chi connectivity index (χ1) is 33.5. The van der Waals surface area contributed by atoms with Gasteiger partial charge in [0.25, 0.3) is 11.1 Å². The summed E-state index contributed by atoms with van der Waals surface area (Å²) >= 11 is 9.66. The van der Waals surface area contributed by atoms with Crippen LogP contribution in [0, 0.1) is 21.1 Å². The lowest BCUT2D eigenvalue weighted by Gasteiger charge is -2.25. The fourth-order valence-electron chi connectivity index (χ4n) is 8.93. The van der Waals surface area contributed by atoms with Crippen molar-refractivity contribution in [3.63, 3.8) is 0 Å². The molecule has 72 heavy (non-hydrogen) atoms. The van der Waals surface area contributed by atoms with Crippen LogP contribution < -0.4 is 33.9 Å². The zero-order valence-corrected chi connectivity index (χ0v) is 42.5. The van der Waals surface area contributed by atoms with Crippen LogP contribution in [0.15, 0.2) is 77.8 Å². The van der Waals surface area contributed by atoms with Crippen LogP contribution >= 0.6 is 24.4 Å². The number of aromatic amines is 4. The molecule has 0 amide bonds. The first kappa shape index (κ1) is 57.9. The Bertz CT molecular complexity index is 2610. The Morgan fingerprint density at radius 2 is 0.778 bits per heavy atom. The Labute approximate surface area is 418 Å². The fourth-order valence-corrected chi connectivity index (χ4v) is 9.23. The molecule has 4 aliphatic rings. The Morgan fingerprint density at radius 1 is 0.500 bits per heavy atom. The summed E-state index contributed by atoms with van der Waals surface area (Å²) in [6.07, 6.45) is -2.39. The van der Waals surface area contributed by atoms with Gasteiger partial charge < -0.3 is 34.3 Å². The molecule has 4 fully saturated rings. The Kier molecular flexibility index (Phi) is 18.2. The van der Waals surface area contributed by atoms with Crippen molar-refractivity contribution in [3.8, 4) is 0 Å². The van der Waals surface area contributed by atoms with E-state index in [0.717, 1.165) is 39.3 Å². The number of hydrogen-bond acceptors (Lipinski definition) is 15. The second kappa shape index (κ2) is 22.6. The van der Waals surface area contributed by atoms with Crippen LogP contribution in [0.2, 0.25) is 0 Å². The Hall–Kier alpha value is -5.00. The van der Waals surface area contributed by atoms with Crippen LogP contribution in [-0.2, 0) is 18.9 Å². The van der Waals surface area contributed by atoms with Crippen LogP contribution in [0.5, 0.6) is 0 Å². The topological polar surface area (TPSA) is 283 Å². The maximum Gasteiger partial charge on any atom is 0.330 e. The number of aromatic nitrogens is 8. The molecule has 4 aromatic heterocycles. The molecule has 400 valence electrons. The van der Waals surface area contributed by atoms with Crippen molar-refractivity contribution in [1.29, 1.82) is 0 Å². The van der Waals surface area contributed by atoms with Crippen LogP contribution in [0.4, 0.5) is 17.6 Å². The third-order valence-electron chi connectivity index (χ3n) is 13.7. The summed E-state index contributed by atoms with van der Waals surface area (Å²) in [4.78, 5) is 77.6. The lowest BCUT2D eigenvalue weighted by Crippen LogP contribution is -2.43. The molecule has 7 N–H and O–H groups in total. The van der Waals surface area contributed by atoms with Gasteiger partial charge in [0.2, 0.25) is 0 Å². The molecule has 4 aliphatic heterocycles. The van der Waals surface area contributed by atoms with Gasteiger partial charge >= 0.3 is 22.8 Å². The molecule has 21 nitrogen and oxygen atoms in total. The van der Waals surface area contributed by atoms with Crippen molar-refractivity contribution in [2.75, 3.05) is 6.61 Å². The molecular weight excluding hydrogens is 1000 g/mol. The number of nitrogens with one attached hydrogen (secondary N) is 4. The molecule has 8 rings (SSSR count). The van der Waals surface area contributed by atoms with Gasteiger partial charge in [-0.1, -0.05) is 59.1 Å². The number of alkyl halides is 4. The highest BCUT2D eigenvalue weighted by Crippen LogP contribution is 2.47. The molecule has 0 saturated carbocycles. The molecular formula is C45H62F4N8O13S2. The van der Waals surface area contributed by atoms with E-state index in [2.05, 4.69) is 15.0 Å². The van der Waals surface area contributed by atoms with Crippen molar-refractivity contribution < 1.29 is 51.8 Å². The number of nitrogens with zero attached hydrogens (tertiary/aromatic N) is 4. The van der Waals surface area contributed by atoms with E-state index in [9.17, 15) is 56.5 Å². The molecule has 0 spiro atoms. The second-order valence-electron chi connectivity index (χ2n) is 18.7. The van der Waals surface area contributed by atoms with Crippen molar-refractivity contribution in [3.05, 3.63) is 121 Å². The quantitative estimate of drug-likeness (QED) is 0.0981. The molecule has 16 atom stereocenters. The number of H-pyrrole nitrogens is 4. The highest BCUT2D eigenvalue weighted by Gasteiger charge is 2.57. The van der Waals surface area contributed by atoms with E-state index in [-0.39, 0.29) is 28.7 Å². The van der Waals surface area contributed by atoms with E-state index >= 15 is 0 Å². The van der Waals surface area contributed by atoms with E-state index in [4.69, 9.17) is 48.5 Å². The zero-order chi connectivity index (χ0) is 54.0. The molecule has 0 radical (unpaired) electrons. The molecule has 0 aromatic carbocycles. The smallest absolute Gasteiger partial charge is 0.330 e. The summed E-state index contributed by atoms with van der Waals surface area (Å²) in [5.41, 5.74) is -11.1. The average Bonchev–Trinajstić information content (AvgIpc) is 3.87. The van der Waals surface area contributed by atoms with Gasteiger partial charge in [-0.3, -0.25) is 47.8 Å². The van der Waals surface area contributed by atoms with Gasteiger partial charge in [-0.25, -0.2) is 36.7 Å². The lowest BCUT2D eigenvalue weighted by atomic mass is 9.88. The predicted molar refractivity (Wildman–Crippen MR) is 256 cm³/mol. The zero-order valence-electron chi connectivity index (χ0n) is 40.9. The Morgan fingerprint density at radius 3 is 1.04 bits per heavy atom. The van der Waals surface area contributed by atoms with E-state index in [1.54, 1.807) is 19.9 Å². The molecule has 0 bridgehead atoms. The molecule has 0 aliphatic carbocycles. The Balaban J connectivity index is 0.000000178. The lowest BCUT2D eigenvalue weighted by molar-refractivity contribution is -0.0611. The molecule has 8 heterocycles. The normalized spacial score (nSPS) is 35.9. The third-order valence-corrected chi connectivity index (χ3v) is 14.2. The first-order valence-corrected chi connectivity index (χ1v) is 23.9. The first-order valence-electron chi connectivity index (χ1n) is 23.1. The minimum atomic E-state index is -2.25. The largest absolute Gasteiger partial charge is 0.394 e. The SMILES string of the molecule is CC1(F)[C@@H](O)[C@@H](CO)O[C@H]1n1ccc(=O)[nH]c1=O.CC[C@H]1O[C@@H](n2ccc(=O)[nH]c2=O)C(C)(F)[C@H]1C.CC[C@H]1O[C@@H](n2ccc(=S)[nH]c2=O)C(C)(F)[C@H]1C.CC[C@H]1O[C@@H](n2ccc(=S)[nH]c2=O)C(C)(F)[C@H]1O. The maximum absolute atomic E-state index is 14.7. The van der Waals surface area contributed by atoms with Gasteiger partial charge in [0.1, 0.15) is 27.6 Å². The van der Waals surface area contributed by atoms with E-state index in [1.165, 1.54) is 56.1 Å². The predicted octanol–water partition coefficient (Wildman–Crippen LogP) is 3.60. The minimum absolute atomic E-state index is 0.180.